The molecule has 0 aliphatic carbocycles. The summed E-state index contributed by atoms with van der Waals surface area (Å²) >= 11 is 1.13. The fourth-order valence-electron chi connectivity index (χ4n) is 1.91. The van der Waals surface area contributed by atoms with E-state index in [1.54, 1.807) is 24.3 Å². The zero-order chi connectivity index (χ0) is 14.1. The Morgan fingerprint density at radius 3 is 2.75 bits per heavy atom. The van der Waals surface area contributed by atoms with Crippen molar-refractivity contribution >= 4 is 27.3 Å². The van der Waals surface area contributed by atoms with Crippen LogP contribution < -0.4 is 0 Å². The van der Waals surface area contributed by atoms with Crippen molar-refractivity contribution in [2.24, 2.45) is 0 Å². The number of benzene rings is 1. The van der Waals surface area contributed by atoms with E-state index in [-0.39, 0.29) is 16.4 Å². The number of aromatic hydroxyl groups is 1. The van der Waals surface area contributed by atoms with Gasteiger partial charge in [0, 0.05) is 11.8 Å². The molecule has 0 aliphatic heterocycles. The van der Waals surface area contributed by atoms with Gasteiger partial charge in [0.1, 0.15) is 21.5 Å². The molecule has 0 saturated heterocycles. The second-order valence-corrected chi connectivity index (χ2v) is 5.16. The highest BCUT2D eigenvalue weighted by Crippen LogP contribution is 2.37. The van der Waals surface area contributed by atoms with Crippen molar-refractivity contribution in [1.82, 2.24) is 4.98 Å². The molecule has 0 bridgehead atoms. The quantitative estimate of drug-likeness (QED) is 0.732. The summed E-state index contributed by atoms with van der Waals surface area (Å²) in [6, 6.07) is 12.2. The number of rotatable bonds is 2. The minimum Gasteiger partial charge on any atom is -0.506 e. The van der Waals surface area contributed by atoms with Crippen molar-refractivity contribution in [2.75, 3.05) is 0 Å². The first kappa shape index (κ1) is 12.3. The number of fused-ring (bicyclic) bond motifs is 1. The van der Waals surface area contributed by atoms with Crippen LogP contribution in [0.5, 0.6) is 5.75 Å². The third-order valence-electron chi connectivity index (χ3n) is 2.89. The third kappa shape index (κ3) is 1.92. The van der Waals surface area contributed by atoms with Gasteiger partial charge >= 0.3 is 0 Å². The fraction of sp³-hybridized carbons (Fsp3) is 0. The minimum absolute atomic E-state index is 0.108. The molecule has 0 fully saturated rings. The van der Waals surface area contributed by atoms with Crippen LogP contribution in [0.4, 0.5) is 0 Å². The maximum atomic E-state index is 12.3. The lowest BCUT2D eigenvalue weighted by Crippen LogP contribution is -1.97. The van der Waals surface area contributed by atoms with Crippen LogP contribution in [0.2, 0.25) is 0 Å². The van der Waals surface area contributed by atoms with Crippen molar-refractivity contribution in [1.29, 1.82) is 5.26 Å². The van der Waals surface area contributed by atoms with Gasteiger partial charge in [-0.1, -0.05) is 30.3 Å². The Morgan fingerprint density at radius 1 is 1.30 bits per heavy atom. The molecule has 1 aromatic carbocycles. The summed E-state index contributed by atoms with van der Waals surface area (Å²) < 4.78 is 0. The molecule has 96 valence electrons. The van der Waals surface area contributed by atoms with Gasteiger partial charge in [-0.3, -0.25) is 4.79 Å². The van der Waals surface area contributed by atoms with Crippen molar-refractivity contribution in [3.63, 3.8) is 0 Å². The first-order valence-corrected chi connectivity index (χ1v) is 6.63. The molecular formula is C15H8N2O2S. The highest BCUT2D eigenvalue weighted by Gasteiger charge is 2.20. The highest BCUT2D eigenvalue weighted by atomic mass is 32.1. The average Bonchev–Trinajstić information content (AvgIpc) is 2.84. The molecule has 5 heteroatoms. The molecule has 0 amide bonds. The van der Waals surface area contributed by atoms with Crippen molar-refractivity contribution in [3.8, 4) is 11.8 Å². The highest BCUT2D eigenvalue weighted by molar-refractivity contribution is 7.21. The van der Waals surface area contributed by atoms with Crippen LogP contribution in [0.25, 0.3) is 10.2 Å². The van der Waals surface area contributed by atoms with Crippen LogP contribution in [0.1, 0.15) is 20.8 Å². The predicted octanol–water partition coefficient (Wildman–Crippen LogP) is 3.10. The molecule has 0 saturated carbocycles. The smallest absolute Gasteiger partial charge is 0.206 e. The van der Waals surface area contributed by atoms with E-state index in [1.165, 1.54) is 12.3 Å². The molecule has 2 heterocycles. The molecule has 20 heavy (non-hydrogen) atoms. The van der Waals surface area contributed by atoms with E-state index in [4.69, 9.17) is 5.26 Å². The summed E-state index contributed by atoms with van der Waals surface area (Å²) in [6.45, 7) is 0. The Balaban J connectivity index is 2.16. The Labute approximate surface area is 118 Å². The lowest BCUT2D eigenvalue weighted by Gasteiger charge is -1.98. The van der Waals surface area contributed by atoms with Crippen LogP contribution >= 0.6 is 11.3 Å². The summed E-state index contributed by atoms with van der Waals surface area (Å²) in [5.41, 5.74) is 0.860. The monoisotopic (exact) mass is 280 g/mol. The molecule has 1 N–H and O–H groups in total. The maximum Gasteiger partial charge on any atom is 0.206 e. The molecule has 0 unspecified atom stereocenters. The van der Waals surface area contributed by atoms with E-state index in [1.807, 2.05) is 12.1 Å². The number of carbonyl (C=O) groups excluding carboxylic acids is 1. The number of hydrogen-bond donors (Lipinski definition) is 1. The number of carbonyl (C=O) groups is 1. The van der Waals surface area contributed by atoms with E-state index >= 15 is 0 Å². The zero-order valence-corrected chi connectivity index (χ0v) is 11.0. The number of pyridine rings is 1. The SMILES string of the molecule is N#Cc1cnc2sc(C(=O)c3ccccc3)c(O)c2c1. The minimum atomic E-state index is -0.246. The number of thiophene rings is 1. The fourth-order valence-corrected chi connectivity index (χ4v) is 2.89. The Kier molecular flexibility index (Phi) is 2.93. The maximum absolute atomic E-state index is 12.3. The van der Waals surface area contributed by atoms with Crippen LogP contribution in [0.3, 0.4) is 0 Å². The zero-order valence-electron chi connectivity index (χ0n) is 10.2. The Hall–Kier alpha value is -2.71. The van der Waals surface area contributed by atoms with Gasteiger partial charge < -0.3 is 5.11 Å². The van der Waals surface area contributed by atoms with Gasteiger partial charge in [0.25, 0.3) is 0 Å². The molecule has 0 spiro atoms. The molecule has 3 aromatic rings. The predicted molar refractivity (Wildman–Crippen MR) is 75.9 cm³/mol. The number of ketones is 1. The number of nitrogens with zero attached hydrogens (tertiary/aromatic N) is 2. The summed E-state index contributed by atoms with van der Waals surface area (Å²) in [5.74, 6) is -0.354. The summed E-state index contributed by atoms with van der Waals surface area (Å²) in [5, 5.41) is 19.5. The molecular weight excluding hydrogens is 272 g/mol. The van der Waals surface area contributed by atoms with E-state index in [0.717, 1.165) is 11.3 Å². The Bertz CT molecular complexity index is 847. The number of nitriles is 1. The first-order chi connectivity index (χ1) is 9.70. The van der Waals surface area contributed by atoms with Crippen molar-refractivity contribution in [2.45, 2.75) is 0 Å². The van der Waals surface area contributed by atoms with Crippen LogP contribution in [0, 0.1) is 11.3 Å². The van der Waals surface area contributed by atoms with Crippen molar-refractivity contribution in [3.05, 3.63) is 58.6 Å². The molecule has 4 nitrogen and oxygen atoms in total. The van der Waals surface area contributed by atoms with Gasteiger partial charge in [-0.25, -0.2) is 4.98 Å². The van der Waals surface area contributed by atoms with Gasteiger partial charge in [0.05, 0.1) is 10.9 Å². The van der Waals surface area contributed by atoms with Crippen LogP contribution in [-0.4, -0.2) is 15.9 Å². The molecule has 2 aromatic heterocycles. The van der Waals surface area contributed by atoms with E-state index in [0.29, 0.717) is 21.3 Å². The van der Waals surface area contributed by atoms with Crippen LogP contribution in [0.15, 0.2) is 42.6 Å². The normalized spacial score (nSPS) is 10.3. The topological polar surface area (TPSA) is 74.0 Å². The summed E-state index contributed by atoms with van der Waals surface area (Å²) in [7, 11) is 0. The number of aromatic nitrogens is 1. The first-order valence-electron chi connectivity index (χ1n) is 5.82. The second-order valence-electron chi connectivity index (χ2n) is 4.16. The lowest BCUT2D eigenvalue weighted by molar-refractivity contribution is 0.104. The molecule has 0 radical (unpaired) electrons. The van der Waals surface area contributed by atoms with Gasteiger partial charge in [0.2, 0.25) is 5.78 Å². The summed E-state index contributed by atoms with van der Waals surface area (Å²) in [4.78, 5) is 17.2. The standard InChI is InChI=1S/C15H8N2O2S/c16-7-9-6-11-13(19)14(20-15(11)17-8-9)12(18)10-4-2-1-3-5-10/h1-6,8,19H. The van der Waals surface area contributed by atoms with Crippen LogP contribution in [-0.2, 0) is 0 Å². The summed E-state index contributed by atoms with van der Waals surface area (Å²) in [6.07, 6.45) is 1.43. The Morgan fingerprint density at radius 2 is 2.05 bits per heavy atom. The van der Waals surface area contributed by atoms with E-state index in [2.05, 4.69) is 4.98 Å². The lowest BCUT2D eigenvalue weighted by atomic mass is 10.1. The van der Waals surface area contributed by atoms with E-state index in [9.17, 15) is 9.90 Å². The van der Waals surface area contributed by atoms with Gasteiger partial charge in [-0.05, 0) is 6.07 Å². The largest absolute Gasteiger partial charge is 0.506 e. The van der Waals surface area contributed by atoms with Gasteiger partial charge in [0.15, 0.2) is 0 Å². The van der Waals surface area contributed by atoms with Gasteiger partial charge in [-0.15, -0.1) is 11.3 Å². The molecule has 0 atom stereocenters. The molecule has 0 aliphatic rings. The van der Waals surface area contributed by atoms with Crippen molar-refractivity contribution < 1.29 is 9.90 Å². The average molecular weight is 280 g/mol. The van der Waals surface area contributed by atoms with Gasteiger partial charge in [-0.2, -0.15) is 5.26 Å². The van der Waals surface area contributed by atoms with E-state index < -0.39 is 0 Å². The molecule has 3 rings (SSSR count). The second kappa shape index (κ2) is 4.76. The third-order valence-corrected chi connectivity index (χ3v) is 3.99. The number of hydrogen-bond acceptors (Lipinski definition) is 5.